The van der Waals surface area contributed by atoms with E-state index in [0.717, 1.165) is 11.4 Å². The number of aryl methyl sites for hydroxylation is 1. The molecule has 0 radical (unpaired) electrons. The maximum atomic E-state index is 11.7. The minimum Gasteiger partial charge on any atom is -0.461 e. The first-order valence-electron chi connectivity index (χ1n) is 6.05. The minimum atomic E-state index is -0.448. The molecule has 0 saturated carbocycles. The maximum Gasteiger partial charge on any atom is 0.360 e. The number of carbonyl (C=O) groups is 1. The molecule has 0 aliphatic rings. The molecule has 1 N–H and O–H groups in total. The van der Waals surface area contributed by atoms with E-state index in [1.54, 1.807) is 13.8 Å². The van der Waals surface area contributed by atoms with Crippen LogP contribution in [0.3, 0.4) is 0 Å². The quantitative estimate of drug-likeness (QED) is 0.849. The largest absolute Gasteiger partial charge is 0.461 e. The van der Waals surface area contributed by atoms with Crippen LogP contribution in [-0.2, 0) is 4.74 Å². The smallest absolute Gasteiger partial charge is 0.360 e. The van der Waals surface area contributed by atoms with Gasteiger partial charge >= 0.3 is 5.97 Å². The molecule has 0 amide bonds. The Morgan fingerprint density at radius 2 is 2.21 bits per heavy atom. The molecule has 0 fully saturated rings. The molecule has 0 aliphatic carbocycles. The first-order chi connectivity index (χ1) is 9.15. The lowest BCUT2D eigenvalue weighted by atomic mass is 10.3. The van der Waals surface area contributed by atoms with Gasteiger partial charge in [0.25, 0.3) is 0 Å². The summed E-state index contributed by atoms with van der Waals surface area (Å²) in [6, 6.07) is 7.60. The predicted octanol–water partition coefficient (Wildman–Crippen LogP) is 1.79. The molecule has 19 heavy (non-hydrogen) atoms. The average Bonchev–Trinajstić information content (AvgIpc) is 2.81. The molecular weight excluding hydrogens is 244 g/mol. The van der Waals surface area contributed by atoms with Gasteiger partial charge in [-0.3, -0.25) is 0 Å². The maximum absolute atomic E-state index is 11.7. The first-order valence-corrected chi connectivity index (χ1v) is 6.05. The molecule has 0 unspecified atom stereocenters. The Morgan fingerprint density at radius 1 is 1.42 bits per heavy atom. The summed E-state index contributed by atoms with van der Waals surface area (Å²) in [7, 11) is 1.84. The highest BCUT2D eigenvalue weighted by atomic mass is 16.5. The predicted molar refractivity (Wildman–Crippen MR) is 71.6 cm³/mol. The number of ether oxygens (including phenoxy) is 1. The van der Waals surface area contributed by atoms with Crippen molar-refractivity contribution < 1.29 is 9.53 Å². The topological polar surface area (TPSA) is 69.0 Å². The third-order valence-electron chi connectivity index (χ3n) is 2.62. The van der Waals surface area contributed by atoms with E-state index in [2.05, 4.69) is 15.5 Å². The molecule has 6 nitrogen and oxygen atoms in total. The summed E-state index contributed by atoms with van der Waals surface area (Å²) in [5.41, 5.74) is 2.53. The number of nitrogens with zero attached hydrogens (tertiary/aromatic N) is 3. The molecule has 6 heteroatoms. The van der Waals surface area contributed by atoms with Crippen molar-refractivity contribution in [1.82, 2.24) is 15.0 Å². The minimum absolute atomic E-state index is 0.247. The molecule has 1 heterocycles. The van der Waals surface area contributed by atoms with Crippen LogP contribution < -0.4 is 5.32 Å². The number of anilines is 1. The lowest BCUT2D eigenvalue weighted by Gasteiger charge is -2.03. The molecule has 0 aliphatic heterocycles. The Balaban J connectivity index is 2.36. The summed E-state index contributed by atoms with van der Waals surface area (Å²) in [5.74, 6) is -0.448. The fraction of sp³-hybridized carbons (Fsp3) is 0.308. The van der Waals surface area contributed by atoms with E-state index in [9.17, 15) is 4.79 Å². The Labute approximate surface area is 111 Å². The van der Waals surface area contributed by atoms with E-state index in [1.165, 1.54) is 4.80 Å². The second-order valence-electron chi connectivity index (χ2n) is 3.94. The van der Waals surface area contributed by atoms with Crippen molar-refractivity contribution in [2.75, 3.05) is 19.0 Å². The number of hydrogen-bond acceptors (Lipinski definition) is 5. The zero-order chi connectivity index (χ0) is 13.8. The summed E-state index contributed by atoms with van der Waals surface area (Å²) < 4.78 is 4.94. The van der Waals surface area contributed by atoms with E-state index in [0.29, 0.717) is 12.3 Å². The van der Waals surface area contributed by atoms with Gasteiger partial charge in [-0.2, -0.15) is 9.90 Å². The van der Waals surface area contributed by atoms with Gasteiger partial charge in [0.1, 0.15) is 0 Å². The van der Waals surface area contributed by atoms with Gasteiger partial charge in [0, 0.05) is 12.7 Å². The third-order valence-corrected chi connectivity index (χ3v) is 2.62. The zero-order valence-electron chi connectivity index (χ0n) is 11.2. The van der Waals surface area contributed by atoms with Crippen molar-refractivity contribution in [2.45, 2.75) is 13.8 Å². The van der Waals surface area contributed by atoms with Crippen LogP contribution in [0.25, 0.3) is 5.69 Å². The number of hydrogen-bond donors (Lipinski definition) is 1. The van der Waals surface area contributed by atoms with E-state index in [-0.39, 0.29) is 5.69 Å². The van der Waals surface area contributed by atoms with Crippen LogP contribution >= 0.6 is 0 Å². The molecule has 2 rings (SSSR count). The van der Waals surface area contributed by atoms with Crippen molar-refractivity contribution in [2.24, 2.45) is 0 Å². The van der Waals surface area contributed by atoms with Crippen molar-refractivity contribution >= 4 is 11.7 Å². The van der Waals surface area contributed by atoms with Crippen LogP contribution in [0.5, 0.6) is 0 Å². The van der Waals surface area contributed by atoms with E-state index >= 15 is 0 Å². The molecule has 0 bridgehead atoms. The Morgan fingerprint density at radius 3 is 2.89 bits per heavy atom. The summed E-state index contributed by atoms with van der Waals surface area (Å²) >= 11 is 0. The van der Waals surface area contributed by atoms with Gasteiger partial charge in [0.05, 0.1) is 18.0 Å². The molecule has 1 aromatic heterocycles. The van der Waals surface area contributed by atoms with Crippen molar-refractivity contribution in [3.63, 3.8) is 0 Å². The molecule has 100 valence electrons. The number of nitrogens with one attached hydrogen (secondary N) is 1. The van der Waals surface area contributed by atoms with Gasteiger partial charge in [-0.05, 0) is 32.0 Å². The molecule has 1 aromatic carbocycles. The van der Waals surface area contributed by atoms with E-state index < -0.39 is 5.97 Å². The second kappa shape index (κ2) is 5.51. The van der Waals surface area contributed by atoms with Gasteiger partial charge in [-0.25, -0.2) is 4.79 Å². The fourth-order valence-electron chi connectivity index (χ4n) is 1.67. The highest BCUT2D eigenvalue weighted by Gasteiger charge is 2.17. The molecule has 2 aromatic rings. The van der Waals surface area contributed by atoms with E-state index in [1.807, 2.05) is 31.3 Å². The molecular formula is C13H16N4O2. The Hall–Kier alpha value is -2.37. The van der Waals surface area contributed by atoms with Gasteiger partial charge < -0.3 is 10.1 Å². The lowest BCUT2D eigenvalue weighted by Crippen LogP contribution is -2.07. The summed E-state index contributed by atoms with van der Waals surface area (Å²) in [6.45, 7) is 3.81. The van der Waals surface area contributed by atoms with Crippen molar-refractivity contribution in [3.8, 4) is 5.69 Å². The van der Waals surface area contributed by atoms with Crippen LogP contribution in [0.2, 0.25) is 0 Å². The van der Waals surface area contributed by atoms with Gasteiger partial charge in [-0.15, -0.1) is 5.10 Å². The molecule has 0 spiro atoms. The zero-order valence-corrected chi connectivity index (χ0v) is 11.2. The number of carbonyl (C=O) groups excluding carboxylic acids is 1. The van der Waals surface area contributed by atoms with Crippen molar-refractivity contribution in [3.05, 3.63) is 35.7 Å². The SMILES string of the molecule is CCOC(=O)c1nn(-c2cccc(NC)c2)nc1C. The second-order valence-corrected chi connectivity index (χ2v) is 3.94. The Bertz CT molecular complexity index is 592. The Kier molecular flexibility index (Phi) is 3.79. The number of esters is 1. The highest BCUT2D eigenvalue weighted by molar-refractivity contribution is 5.88. The first kappa shape index (κ1) is 13.1. The number of benzene rings is 1. The van der Waals surface area contributed by atoms with Gasteiger partial charge in [0.15, 0.2) is 5.69 Å². The summed E-state index contributed by atoms with van der Waals surface area (Å²) in [6.07, 6.45) is 0. The monoisotopic (exact) mass is 260 g/mol. The highest BCUT2D eigenvalue weighted by Crippen LogP contribution is 2.14. The third kappa shape index (κ3) is 2.73. The van der Waals surface area contributed by atoms with Gasteiger partial charge in [-0.1, -0.05) is 6.07 Å². The summed E-state index contributed by atoms with van der Waals surface area (Å²) in [4.78, 5) is 13.1. The summed E-state index contributed by atoms with van der Waals surface area (Å²) in [5, 5.41) is 11.5. The van der Waals surface area contributed by atoms with Crippen molar-refractivity contribution in [1.29, 1.82) is 0 Å². The fourth-order valence-corrected chi connectivity index (χ4v) is 1.67. The van der Waals surface area contributed by atoms with Crippen LogP contribution in [0.1, 0.15) is 23.1 Å². The van der Waals surface area contributed by atoms with Crippen LogP contribution in [0.4, 0.5) is 5.69 Å². The van der Waals surface area contributed by atoms with Gasteiger partial charge in [0.2, 0.25) is 0 Å². The average molecular weight is 260 g/mol. The number of rotatable bonds is 4. The van der Waals surface area contributed by atoms with Crippen LogP contribution in [-0.4, -0.2) is 34.6 Å². The number of aromatic nitrogens is 3. The van der Waals surface area contributed by atoms with E-state index in [4.69, 9.17) is 4.74 Å². The molecule has 0 atom stereocenters. The van der Waals surface area contributed by atoms with Crippen LogP contribution in [0.15, 0.2) is 24.3 Å². The van der Waals surface area contributed by atoms with Crippen LogP contribution in [0, 0.1) is 6.92 Å². The normalized spacial score (nSPS) is 10.3. The molecule has 0 saturated heterocycles. The lowest BCUT2D eigenvalue weighted by molar-refractivity contribution is 0.0518. The standard InChI is InChI=1S/C13H16N4O2/c1-4-19-13(18)12-9(2)15-17(16-12)11-7-5-6-10(8-11)14-3/h5-8,14H,4H2,1-3H3.